The van der Waals surface area contributed by atoms with E-state index in [4.69, 9.17) is 0 Å². The molecule has 6 nitrogen and oxygen atoms in total. The van der Waals surface area contributed by atoms with Crippen molar-refractivity contribution in [2.24, 2.45) is 17.8 Å². The molecule has 0 spiro atoms. The van der Waals surface area contributed by atoms with Crippen LogP contribution in [0, 0.1) is 17.8 Å². The Morgan fingerprint density at radius 3 is 2.55 bits per heavy atom. The molecular weight excluding hydrogens is 366 g/mol. The number of aliphatic hydroxyl groups excluding tert-OH is 1. The van der Waals surface area contributed by atoms with Crippen LogP contribution < -0.4 is 5.56 Å². The number of hydrogen-bond acceptors (Lipinski definition) is 4. The van der Waals surface area contributed by atoms with Gasteiger partial charge in [0.2, 0.25) is 5.91 Å². The lowest BCUT2D eigenvalue weighted by molar-refractivity contribution is -0.139. The number of likely N-dealkylation sites (tertiary alicyclic amines) is 2. The molecule has 4 heterocycles. The number of aliphatic hydroxyl groups is 1. The highest BCUT2D eigenvalue weighted by Gasteiger charge is 2.56. The molecule has 3 fully saturated rings. The fraction of sp³-hybridized carbons (Fsp3) is 0.739. The molecule has 0 unspecified atom stereocenters. The molecule has 1 aromatic heterocycles. The summed E-state index contributed by atoms with van der Waals surface area (Å²) >= 11 is 0. The summed E-state index contributed by atoms with van der Waals surface area (Å²) in [5, 5.41) is 10.4. The van der Waals surface area contributed by atoms with E-state index >= 15 is 0 Å². The molecule has 3 aliphatic heterocycles. The van der Waals surface area contributed by atoms with Crippen LogP contribution >= 0.6 is 0 Å². The second-order valence-corrected chi connectivity index (χ2v) is 9.53. The van der Waals surface area contributed by atoms with Crippen molar-refractivity contribution >= 4 is 5.91 Å². The number of carbonyl (C=O) groups excluding carboxylic acids is 1. The van der Waals surface area contributed by atoms with Crippen LogP contribution in [0.4, 0.5) is 0 Å². The van der Waals surface area contributed by atoms with Crippen LogP contribution in [0.1, 0.15) is 56.7 Å². The molecule has 2 saturated heterocycles. The lowest BCUT2D eigenvalue weighted by Crippen LogP contribution is -2.52. The maximum atomic E-state index is 13.7. The predicted octanol–water partition coefficient (Wildman–Crippen LogP) is 2.01. The number of carbonyl (C=O) groups is 1. The van der Waals surface area contributed by atoms with Crippen LogP contribution in [-0.4, -0.2) is 57.7 Å². The fourth-order valence-electron chi connectivity index (χ4n) is 6.54. The van der Waals surface area contributed by atoms with Gasteiger partial charge < -0.3 is 14.6 Å². The minimum atomic E-state index is -0.252. The smallest absolute Gasteiger partial charge is 0.250 e. The van der Waals surface area contributed by atoms with Gasteiger partial charge in [-0.1, -0.05) is 18.9 Å². The first-order valence-electron chi connectivity index (χ1n) is 11.5. The van der Waals surface area contributed by atoms with E-state index in [1.165, 1.54) is 32.1 Å². The number of piperidine rings is 1. The fourth-order valence-corrected chi connectivity index (χ4v) is 6.54. The van der Waals surface area contributed by atoms with Crippen LogP contribution in [0.15, 0.2) is 23.0 Å². The SMILES string of the molecule is O=C([C@@H]1[C@@H](CO)[C@@H]2Cn3c(cccc3=O)[C@@H]2N1CC1CCCC1)N1CCCCC1. The Labute approximate surface area is 172 Å². The minimum Gasteiger partial charge on any atom is -0.396 e. The molecule has 1 saturated carbocycles. The first-order valence-corrected chi connectivity index (χ1v) is 11.5. The van der Waals surface area contributed by atoms with Crippen molar-refractivity contribution in [2.75, 3.05) is 26.2 Å². The van der Waals surface area contributed by atoms with Gasteiger partial charge in [0.1, 0.15) is 0 Å². The second-order valence-electron chi connectivity index (χ2n) is 9.53. The quantitative estimate of drug-likeness (QED) is 0.841. The van der Waals surface area contributed by atoms with Gasteiger partial charge in [0.15, 0.2) is 0 Å². The number of hydrogen-bond donors (Lipinski definition) is 1. The van der Waals surface area contributed by atoms with Gasteiger partial charge >= 0.3 is 0 Å². The summed E-state index contributed by atoms with van der Waals surface area (Å²) in [5.74, 6) is 0.862. The summed E-state index contributed by atoms with van der Waals surface area (Å²) in [6.07, 6.45) is 8.36. The largest absolute Gasteiger partial charge is 0.396 e. The number of fused-ring (bicyclic) bond motifs is 3. The molecule has 29 heavy (non-hydrogen) atoms. The highest BCUT2D eigenvalue weighted by Crippen LogP contribution is 2.50. The van der Waals surface area contributed by atoms with Gasteiger partial charge in [-0.25, -0.2) is 0 Å². The normalized spacial score (nSPS) is 32.5. The molecule has 4 atom stereocenters. The standard InChI is InChI=1S/C23H33N3O3/c27-15-18-17-14-25-19(9-6-10-20(25)28)21(17)26(13-16-7-2-3-8-16)22(18)23(29)24-11-4-1-5-12-24/h6,9-10,16-18,21-22,27H,1-5,7-8,11-15H2/t17-,18-,21+,22-/m0/s1. The summed E-state index contributed by atoms with van der Waals surface area (Å²) in [6, 6.07) is 5.34. The van der Waals surface area contributed by atoms with Gasteiger partial charge in [-0.3, -0.25) is 14.5 Å². The maximum Gasteiger partial charge on any atom is 0.250 e. The molecule has 5 rings (SSSR count). The number of amides is 1. The summed E-state index contributed by atoms with van der Waals surface area (Å²) in [7, 11) is 0. The van der Waals surface area contributed by atoms with Crippen LogP contribution in [0.5, 0.6) is 0 Å². The van der Waals surface area contributed by atoms with Gasteiger partial charge in [0, 0.05) is 56.4 Å². The van der Waals surface area contributed by atoms with E-state index in [0.717, 1.165) is 38.2 Å². The highest BCUT2D eigenvalue weighted by molar-refractivity contribution is 5.83. The van der Waals surface area contributed by atoms with E-state index in [-0.39, 0.29) is 42.0 Å². The van der Waals surface area contributed by atoms with Crippen molar-refractivity contribution < 1.29 is 9.90 Å². The van der Waals surface area contributed by atoms with Crippen molar-refractivity contribution in [2.45, 2.75) is 63.6 Å². The van der Waals surface area contributed by atoms with Crippen molar-refractivity contribution in [3.05, 3.63) is 34.2 Å². The zero-order valence-electron chi connectivity index (χ0n) is 17.2. The molecule has 1 aromatic rings. The van der Waals surface area contributed by atoms with Gasteiger partial charge in [-0.2, -0.15) is 0 Å². The Kier molecular flexibility index (Phi) is 5.25. The van der Waals surface area contributed by atoms with E-state index in [1.807, 2.05) is 15.5 Å². The van der Waals surface area contributed by atoms with E-state index in [2.05, 4.69) is 11.0 Å². The van der Waals surface area contributed by atoms with Crippen LogP contribution in [0.2, 0.25) is 0 Å². The Morgan fingerprint density at radius 2 is 1.83 bits per heavy atom. The van der Waals surface area contributed by atoms with Crippen molar-refractivity contribution in [3.8, 4) is 0 Å². The highest BCUT2D eigenvalue weighted by atomic mass is 16.3. The summed E-state index contributed by atoms with van der Waals surface area (Å²) in [6.45, 7) is 3.22. The number of rotatable bonds is 4. The predicted molar refractivity (Wildman–Crippen MR) is 110 cm³/mol. The van der Waals surface area contributed by atoms with Gasteiger partial charge in [-0.15, -0.1) is 0 Å². The second kappa shape index (κ2) is 7.88. The van der Waals surface area contributed by atoms with E-state index in [1.54, 1.807) is 6.07 Å². The monoisotopic (exact) mass is 399 g/mol. The molecular formula is C23H33N3O3. The summed E-state index contributed by atoms with van der Waals surface area (Å²) in [4.78, 5) is 30.6. The average Bonchev–Trinajstić information content (AvgIpc) is 3.45. The van der Waals surface area contributed by atoms with Crippen LogP contribution in [0.3, 0.4) is 0 Å². The van der Waals surface area contributed by atoms with Gasteiger partial charge in [0.25, 0.3) is 5.56 Å². The Morgan fingerprint density at radius 1 is 1.07 bits per heavy atom. The van der Waals surface area contributed by atoms with E-state index in [9.17, 15) is 14.7 Å². The molecule has 0 aromatic carbocycles. The van der Waals surface area contributed by atoms with Gasteiger partial charge in [-0.05, 0) is 44.1 Å². The average molecular weight is 400 g/mol. The third-order valence-corrected chi connectivity index (χ3v) is 7.93. The van der Waals surface area contributed by atoms with Gasteiger partial charge in [0.05, 0.1) is 12.1 Å². The molecule has 0 radical (unpaired) electrons. The third kappa shape index (κ3) is 3.25. The zero-order valence-corrected chi connectivity index (χ0v) is 17.2. The third-order valence-electron chi connectivity index (χ3n) is 7.93. The summed E-state index contributed by atoms with van der Waals surface area (Å²) < 4.78 is 1.88. The lowest BCUT2D eigenvalue weighted by Gasteiger charge is -2.37. The van der Waals surface area contributed by atoms with Crippen LogP contribution in [-0.2, 0) is 11.3 Å². The van der Waals surface area contributed by atoms with E-state index in [0.29, 0.717) is 12.5 Å². The first kappa shape index (κ1) is 19.3. The van der Waals surface area contributed by atoms with E-state index < -0.39 is 0 Å². The number of aromatic nitrogens is 1. The topological polar surface area (TPSA) is 65.8 Å². The van der Waals surface area contributed by atoms with Crippen molar-refractivity contribution in [1.29, 1.82) is 0 Å². The minimum absolute atomic E-state index is 0.00925. The Bertz CT molecular complexity index is 810. The summed E-state index contributed by atoms with van der Waals surface area (Å²) in [5.41, 5.74) is 1.07. The molecule has 158 valence electrons. The van der Waals surface area contributed by atoms with Crippen molar-refractivity contribution in [1.82, 2.24) is 14.4 Å². The maximum absolute atomic E-state index is 13.7. The molecule has 0 bridgehead atoms. The van der Waals surface area contributed by atoms with Crippen molar-refractivity contribution in [3.63, 3.8) is 0 Å². The number of pyridine rings is 1. The zero-order chi connectivity index (χ0) is 20.0. The molecule has 1 amide bonds. The molecule has 6 heteroatoms. The Hall–Kier alpha value is -1.66. The first-order chi connectivity index (χ1) is 14.2. The number of nitrogens with zero attached hydrogens (tertiary/aromatic N) is 3. The van der Waals surface area contributed by atoms with Crippen LogP contribution in [0.25, 0.3) is 0 Å². The molecule has 1 aliphatic carbocycles. The Balaban J connectivity index is 1.51. The molecule has 4 aliphatic rings. The lowest BCUT2D eigenvalue weighted by atomic mass is 9.88. The molecule has 1 N–H and O–H groups in total.